The zero-order valence-electron chi connectivity index (χ0n) is 18.1. The molecule has 0 radical (unpaired) electrons. The maximum absolute atomic E-state index is 12.5. The molecule has 4 unspecified atom stereocenters. The van der Waals surface area contributed by atoms with Gasteiger partial charge in [-0.2, -0.15) is 0 Å². The highest BCUT2D eigenvalue weighted by atomic mass is 16.4. The molecule has 17 heteroatoms. The number of aliphatic carboxylic acids is 5. The van der Waals surface area contributed by atoms with Crippen LogP contribution < -0.4 is 21.7 Å². The molecule has 4 atom stereocenters. The van der Waals surface area contributed by atoms with Gasteiger partial charge in [0.2, 0.25) is 17.7 Å². The van der Waals surface area contributed by atoms with E-state index in [1.54, 1.807) is 0 Å². The lowest BCUT2D eigenvalue weighted by Crippen LogP contribution is -2.57. The van der Waals surface area contributed by atoms with Crippen LogP contribution in [0.4, 0.5) is 0 Å². The number of rotatable bonds is 17. The lowest BCUT2D eigenvalue weighted by molar-refractivity contribution is -0.145. The molecule has 0 aliphatic heterocycles. The smallest absolute Gasteiger partial charge is 0.326 e. The van der Waals surface area contributed by atoms with Gasteiger partial charge >= 0.3 is 29.8 Å². The predicted molar refractivity (Wildman–Crippen MR) is 110 cm³/mol. The Bertz CT molecular complexity index is 859. The molecule has 0 fully saturated rings. The number of carboxylic acid groups (broad SMARTS) is 5. The van der Waals surface area contributed by atoms with Crippen molar-refractivity contribution >= 4 is 47.6 Å². The van der Waals surface area contributed by atoms with Crippen molar-refractivity contribution in [3.8, 4) is 0 Å². The molecule has 35 heavy (non-hydrogen) atoms. The lowest BCUT2D eigenvalue weighted by Gasteiger charge is -2.23. The third-order valence-corrected chi connectivity index (χ3v) is 4.29. The zero-order valence-corrected chi connectivity index (χ0v) is 18.1. The minimum absolute atomic E-state index is 0.348. The molecule has 0 aromatic rings. The molecule has 0 aliphatic rings. The highest BCUT2D eigenvalue weighted by Gasteiger charge is 2.32. The highest BCUT2D eigenvalue weighted by Crippen LogP contribution is 2.04. The maximum atomic E-state index is 12.5. The summed E-state index contributed by atoms with van der Waals surface area (Å²) in [7, 11) is 0. The fourth-order valence-corrected chi connectivity index (χ4v) is 2.53. The lowest BCUT2D eigenvalue weighted by atomic mass is 10.1. The number of nitrogens with one attached hydrogen (secondary N) is 3. The molecule has 0 heterocycles. The minimum atomic E-state index is -1.93. The third-order valence-electron chi connectivity index (χ3n) is 4.29. The van der Waals surface area contributed by atoms with E-state index in [1.165, 1.54) is 0 Å². The summed E-state index contributed by atoms with van der Waals surface area (Å²) in [5.74, 6) is -11.2. The Morgan fingerprint density at radius 2 is 0.914 bits per heavy atom. The van der Waals surface area contributed by atoms with Crippen LogP contribution in [0.1, 0.15) is 38.5 Å². The first-order valence-electron chi connectivity index (χ1n) is 9.90. The fraction of sp³-hybridized carbons (Fsp3) is 0.556. The van der Waals surface area contributed by atoms with Gasteiger partial charge in [-0.1, -0.05) is 0 Å². The van der Waals surface area contributed by atoms with Crippen LogP contribution in [0.5, 0.6) is 0 Å². The van der Waals surface area contributed by atoms with Gasteiger partial charge in [-0.25, -0.2) is 4.79 Å². The van der Waals surface area contributed by atoms with Gasteiger partial charge < -0.3 is 47.2 Å². The van der Waals surface area contributed by atoms with Crippen LogP contribution in [0.25, 0.3) is 0 Å². The SMILES string of the molecule is NC(CCC(=O)O)C(=O)NC(CC(=O)O)C(=O)NC(CC(=O)O)C(=O)NC(CCC(=O)O)C(=O)O. The molecule has 17 nitrogen and oxygen atoms in total. The highest BCUT2D eigenvalue weighted by molar-refractivity contribution is 5.97. The summed E-state index contributed by atoms with van der Waals surface area (Å²) < 4.78 is 0. The number of amides is 3. The predicted octanol–water partition coefficient (Wildman–Crippen LogP) is -3.47. The molecular formula is C18H26N4O13. The van der Waals surface area contributed by atoms with E-state index < -0.39 is 104 Å². The summed E-state index contributed by atoms with van der Waals surface area (Å²) in [5, 5.41) is 50.2. The van der Waals surface area contributed by atoms with Crippen molar-refractivity contribution in [3.63, 3.8) is 0 Å². The van der Waals surface area contributed by atoms with Crippen molar-refractivity contribution < 1.29 is 63.9 Å². The van der Waals surface area contributed by atoms with Crippen LogP contribution in [0.3, 0.4) is 0 Å². The number of carbonyl (C=O) groups excluding carboxylic acids is 3. The van der Waals surface area contributed by atoms with Crippen LogP contribution in [0.15, 0.2) is 0 Å². The van der Waals surface area contributed by atoms with Crippen molar-refractivity contribution in [2.75, 3.05) is 0 Å². The molecule has 0 aliphatic carbocycles. The van der Waals surface area contributed by atoms with Crippen molar-refractivity contribution in [2.24, 2.45) is 5.73 Å². The first kappa shape index (κ1) is 30.7. The largest absolute Gasteiger partial charge is 0.481 e. The van der Waals surface area contributed by atoms with Crippen molar-refractivity contribution in [3.05, 3.63) is 0 Å². The fourth-order valence-electron chi connectivity index (χ4n) is 2.53. The molecule has 0 spiro atoms. The van der Waals surface area contributed by atoms with Gasteiger partial charge in [0, 0.05) is 12.8 Å². The topological polar surface area (TPSA) is 300 Å². The number of carboxylic acids is 5. The van der Waals surface area contributed by atoms with Crippen LogP contribution in [-0.4, -0.2) is 97.3 Å². The molecule has 0 saturated heterocycles. The maximum Gasteiger partial charge on any atom is 0.326 e. The number of hydrogen-bond donors (Lipinski definition) is 9. The van der Waals surface area contributed by atoms with Crippen LogP contribution >= 0.6 is 0 Å². The van der Waals surface area contributed by atoms with Crippen molar-refractivity contribution in [2.45, 2.75) is 62.7 Å². The Morgan fingerprint density at radius 3 is 1.29 bits per heavy atom. The average Bonchev–Trinajstić information content (AvgIpc) is 2.72. The molecule has 0 aromatic heterocycles. The molecule has 10 N–H and O–H groups in total. The first-order valence-corrected chi connectivity index (χ1v) is 9.90. The molecule has 196 valence electrons. The van der Waals surface area contributed by atoms with Crippen molar-refractivity contribution in [1.29, 1.82) is 0 Å². The summed E-state index contributed by atoms with van der Waals surface area (Å²) in [6.45, 7) is 0. The number of hydrogen-bond acceptors (Lipinski definition) is 9. The molecule has 0 saturated carbocycles. The first-order chi connectivity index (χ1) is 16.1. The second kappa shape index (κ2) is 14.8. The molecular weight excluding hydrogens is 480 g/mol. The summed E-state index contributed by atoms with van der Waals surface area (Å²) in [5.41, 5.74) is 5.50. The standard InChI is InChI=1S/C18H26N4O13/c19-7(1-3-11(23)24)15(31)21-9(5-13(27)28)17(33)22-10(6-14(29)30)16(32)20-8(18(34)35)2-4-12(25)26/h7-10H,1-6,19H2,(H,20,32)(H,21,31)(H,22,33)(H,23,24)(H,25,26)(H,27,28)(H,29,30)(H,34,35). The summed E-state index contributed by atoms with van der Waals surface area (Å²) in [6.07, 6.45) is -4.16. The van der Waals surface area contributed by atoms with E-state index in [1.807, 2.05) is 16.0 Å². The second-order valence-electron chi connectivity index (χ2n) is 7.19. The van der Waals surface area contributed by atoms with E-state index in [9.17, 15) is 38.4 Å². The summed E-state index contributed by atoms with van der Waals surface area (Å²) in [6, 6.07) is -6.96. The Morgan fingerprint density at radius 1 is 0.543 bits per heavy atom. The molecule has 0 aromatic carbocycles. The van der Waals surface area contributed by atoms with Gasteiger partial charge in [-0.15, -0.1) is 0 Å². The van der Waals surface area contributed by atoms with Gasteiger partial charge in [0.05, 0.1) is 18.9 Å². The molecule has 0 bridgehead atoms. The van der Waals surface area contributed by atoms with Gasteiger partial charge in [0.25, 0.3) is 0 Å². The zero-order chi connectivity index (χ0) is 27.3. The van der Waals surface area contributed by atoms with Gasteiger partial charge in [0.1, 0.15) is 18.1 Å². The van der Waals surface area contributed by atoms with Gasteiger partial charge in [0.15, 0.2) is 0 Å². The third kappa shape index (κ3) is 13.1. The van der Waals surface area contributed by atoms with Crippen molar-refractivity contribution in [1.82, 2.24) is 16.0 Å². The number of nitrogens with two attached hydrogens (primary N) is 1. The van der Waals surface area contributed by atoms with Gasteiger partial charge in [-0.05, 0) is 12.8 Å². The van der Waals surface area contributed by atoms with E-state index in [0.717, 1.165) is 0 Å². The van der Waals surface area contributed by atoms with Crippen LogP contribution in [0.2, 0.25) is 0 Å². The Kier molecular flexibility index (Phi) is 13.0. The summed E-state index contributed by atoms with van der Waals surface area (Å²) >= 11 is 0. The second-order valence-corrected chi connectivity index (χ2v) is 7.19. The van der Waals surface area contributed by atoms with E-state index in [0.29, 0.717) is 0 Å². The summed E-state index contributed by atoms with van der Waals surface area (Å²) in [4.78, 5) is 91.8. The Labute approximate surface area is 196 Å². The van der Waals surface area contributed by atoms with E-state index in [4.69, 9.17) is 31.3 Å². The Hall–Kier alpha value is -4.28. The van der Waals surface area contributed by atoms with Crippen LogP contribution in [0, 0.1) is 0 Å². The average molecular weight is 506 g/mol. The quantitative estimate of drug-likeness (QED) is 0.0926. The van der Waals surface area contributed by atoms with Gasteiger partial charge in [-0.3, -0.25) is 33.6 Å². The monoisotopic (exact) mass is 506 g/mol. The van der Waals surface area contributed by atoms with E-state index in [-0.39, 0.29) is 6.42 Å². The minimum Gasteiger partial charge on any atom is -0.481 e. The Balaban J connectivity index is 5.53. The van der Waals surface area contributed by atoms with E-state index in [2.05, 4.69) is 0 Å². The molecule has 0 rings (SSSR count). The molecule has 3 amide bonds. The normalized spacial score (nSPS) is 13.9. The van der Waals surface area contributed by atoms with E-state index >= 15 is 0 Å². The number of carbonyl (C=O) groups is 8. The van der Waals surface area contributed by atoms with Crippen LogP contribution in [-0.2, 0) is 38.4 Å².